The fourth-order valence-corrected chi connectivity index (χ4v) is 4.10. The molecule has 0 radical (unpaired) electrons. The van der Waals surface area contributed by atoms with Crippen molar-refractivity contribution < 1.29 is 21.2 Å². The van der Waals surface area contributed by atoms with Crippen LogP contribution in [0.3, 0.4) is 0 Å². The lowest BCUT2D eigenvalue weighted by Gasteiger charge is -1.94. The molecule has 0 saturated heterocycles. The van der Waals surface area contributed by atoms with Gasteiger partial charge in [-0.05, 0) is 36.2 Å². The first-order valence-electron chi connectivity index (χ1n) is 5.23. The van der Waals surface area contributed by atoms with Crippen molar-refractivity contribution in [3.05, 3.63) is 67.3 Å². The minimum absolute atomic E-state index is 0.00559. The monoisotopic (exact) mass is 387 g/mol. The Kier molecular flexibility index (Phi) is 4.85. The molecule has 16 heavy (non-hydrogen) atoms. The van der Waals surface area contributed by atoms with Crippen LogP contribution in [0.2, 0.25) is 0 Å². The summed E-state index contributed by atoms with van der Waals surface area (Å²) >= 11 is 3.46. The van der Waals surface area contributed by atoms with Crippen LogP contribution in [0, 0.1) is 7.14 Å². The van der Waals surface area contributed by atoms with Gasteiger partial charge in [0.2, 0.25) is 0 Å². The fraction of sp³-hybridized carbons (Fsp3) is 0.143. The van der Waals surface area contributed by atoms with Gasteiger partial charge in [-0.3, -0.25) is 0 Å². The summed E-state index contributed by atoms with van der Waals surface area (Å²) in [4.78, 5) is 0. The van der Waals surface area contributed by atoms with Crippen molar-refractivity contribution >= 4 is 15.9 Å². The lowest BCUT2D eigenvalue weighted by Crippen LogP contribution is -3.61. The first-order chi connectivity index (χ1) is 7.88. The van der Waals surface area contributed by atoms with Crippen LogP contribution in [0.4, 0.5) is 0 Å². The fourth-order valence-electron chi connectivity index (χ4n) is 1.43. The summed E-state index contributed by atoms with van der Waals surface area (Å²) in [6.07, 6.45) is 1.12. The molecular formula is C14H13BrI+. The minimum atomic E-state index is -0.00559. The zero-order chi connectivity index (χ0) is 11.2. The Morgan fingerprint density at radius 1 is 0.812 bits per heavy atom. The number of aryl methyl sites for hydroxylation is 1. The van der Waals surface area contributed by atoms with E-state index >= 15 is 0 Å². The third kappa shape index (κ3) is 3.59. The molecule has 0 aliphatic rings. The molecule has 0 spiro atoms. The Morgan fingerprint density at radius 3 is 2.06 bits per heavy atom. The zero-order valence-electron chi connectivity index (χ0n) is 8.87. The van der Waals surface area contributed by atoms with Gasteiger partial charge in [0, 0.05) is 5.33 Å². The van der Waals surface area contributed by atoms with Gasteiger partial charge in [0.15, 0.2) is 7.14 Å². The van der Waals surface area contributed by atoms with Gasteiger partial charge in [-0.15, -0.1) is 0 Å². The van der Waals surface area contributed by atoms with Crippen LogP contribution in [0.25, 0.3) is 0 Å². The minimum Gasteiger partial charge on any atom is -0.0924 e. The largest absolute Gasteiger partial charge is 0.357 e. The van der Waals surface area contributed by atoms with Gasteiger partial charge in [-0.1, -0.05) is 46.3 Å². The van der Waals surface area contributed by atoms with Gasteiger partial charge >= 0.3 is 21.2 Å². The molecule has 0 N–H and O–H groups in total. The summed E-state index contributed by atoms with van der Waals surface area (Å²) in [6.45, 7) is 0. The second-order valence-electron chi connectivity index (χ2n) is 3.46. The molecule has 0 bridgehead atoms. The van der Waals surface area contributed by atoms with Crippen LogP contribution < -0.4 is 21.2 Å². The average Bonchev–Trinajstić information content (AvgIpc) is 2.33. The summed E-state index contributed by atoms with van der Waals surface area (Å²) in [6, 6.07) is 19.8. The summed E-state index contributed by atoms with van der Waals surface area (Å²) in [5.41, 5.74) is 1.41. The Morgan fingerprint density at radius 2 is 1.44 bits per heavy atom. The van der Waals surface area contributed by atoms with Gasteiger partial charge in [0.05, 0.1) is 0 Å². The molecule has 0 aliphatic carbocycles. The summed E-state index contributed by atoms with van der Waals surface area (Å²) in [5, 5.41) is 1.04. The van der Waals surface area contributed by atoms with E-state index in [0.29, 0.717) is 0 Å². The second-order valence-corrected chi connectivity index (χ2v) is 7.28. The number of rotatable bonds is 4. The summed E-state index contributed by atoms with van der Waals surface area (Å²) < 4.78 is 2.97. The molecule has 0 unspecified atom stereocenters. The normalized spacial score (nSPS) is 10.3. The van der Waals surface area contributed by atoms with Crippen LogP contribution in [-0.4, -0.2) is 5.33 Å². The summed E-state index contributed by atoms with van der Waals surface area (Å²) in [5.74, 6) is 0. The molecule has 2 rings (SSSR count). The number of hydrogen-bond donors (Lipinski definition) is 0. The highest BCUT2D eigenvalue weighted by atomic mass is 127. The van der Waals surface area contributed by atoms with E-state index < -0.39 is 0 Å². The van der Waals surface area contributed by atoms with E-state index in [4.69, 9.17) is 0 Å². The van der Waals surface area contributed by atoms with E-state index in [0.717, 1.165) is 11.8 Å². The lowest BCUT2D eigenvalue weighted by atomic mass is 10.2. The van der Waals surface area contributed by atoms with Crippen molar-refractivity contribution in [2.75, 3.05) is 5.33 Å². The second kappa shape index (κ2) is 6.40. The maximum absolute atomic E-state index is 3.47. The predicted molar refractivity (Wildman–Crippen MR) is 67.8 cm³/mol. The molecule has 82 valence electrons. The van der Waals surface area contributed by atoms with Gasteiger partial charge in [0.1, 0.15) is 0 Å². The van der Waals surface area contributed by atoms with E-state index in [2.05, 4.69) is 70.5 Å². The van der Waals surface area contributed by atoms with Gasteiger partial charge < -0.3 is 0 Å². The van der Waals surface area contributed by atoms with E-state index in [1.807, 2.05) is 0 Å². The molecule has 0 atom stereocenters. The van der Waals surface area contributed by atoms with Crippen LogP contribution >= 0.6 is 15.9 Å². The highest BCUT2D eigenvalue weighted by molar-refractivity contribution is 9.09. The summed E-state index contributed by atoms with van der Waals surface area (Å²) in [7, 11) is 0. The van der Waals surface area contributed by atoms with Gasteiger partial charge in [0.25, 0.3) is 0 Å². The molecule has 0 saturated carbocycles. The SMILES string of the molecule is BrCCc1ccc([I+]c2ccccc2)cc1. The first-order valence-corrected chi connectivity index (χ1v) is 8.51. The number of benzene rings is 2. The molecule has 2 heteroatoms. The van der Waals surface area contributed by atoms with Crippen LogP contribution in [0.15, 0.2) is 54.6 Å². The predicted octanol–water partition coefficient (Wildman–Crippen LogP) is 0.752. The maximum atomic E-state index is 3.47. The molecule has 0 nitrogen and oxygen atoms in total. The standard InChI is InChI=1S/C14H13BrI/c15-11-10-12-6-8-14(9-7-12)16-13-4-2-1-3-5-13/h1-9H,10-11H2/q+1. The Balaban J connectivity index is 2.05. The maximum Gasteiger partial charge on any atom is 0.357 e. The van der Waals surface area contributed by atoms with Crippen molar-refractivity contribution in [2.24, 2.45) is 0 Å². The lowest BCUT2D eigenvalue weighted by molar-refractivity contribution is -0.597. The Labute approximate surface area is 115 Å². The number of alkyl halides is 1. The molecule has 0 fully saturated rings. The topological polar surface area (TPSA) is 0 Å². The quantitative estimate of drug-likeness (QED) is 0.536. The smallest absolute Gasteiger partial charge is 0.0924 e. The molecule has 0 aromatic heterocycles. The van der Waals surface area contributed by atoms with E-state index in [-0.39, 0.29) is 21.2 Å². The molecular weight excluding hydrogens is 375 g/mol. The van der Waals surface area contributed by atoms with Crippen molar-refractivity contribution in [3.63, 3.8) is 0 Å². The van der Waals surface area contributed by atoms with Gasteiger partial charge in [-0.2, -0.15) is 0 Å². The van der Waals surface area contributed by atoms with E-state index in [1.54, 1.807) is 0 Å². The Hall–Kier alpha value is -0.350. The third-order valence-electron chi connectivity index (χ3n) is 2.25. The van der Waals surface area contributed by atoms with Crippen LogP contribution in [0.5, 0.6) is 0 Å². The molecule has 2 aromatic rings. The highest BCUT2D eigenvalue weighted by Gasteiger charge is 2.13. The van der Waals surface area contributed by atoms with E-state index in [1.165, 1.54) is 12.7 Å². The third-order valence-corrected chi connectivity index (χ3v) is 5.33. The Bertz CT molecular complexity index is 422. The highest BCUT2D eigenvalue weighted by Crippen LogP contribution is 2.01. The van der Waals surface area contributed by atoms with E-state index in [9.17, 15) is 0 Å². The van der Waals surface area contributed by atoms with Crippen LogP contribution in [-0.2, 0) is 6.42 Å². The first kappa shape index (κ1) is 12.1. The van der Waals surface area contributed by atoms with Crippen LogP contribution in [0.1, 0.15) is 5.56 Å². The number of halogens is 2. The molecule has 0 heterocycles. The van der Waals surface area contributed by atoms with Gasteiger partial charge in [-0.25, -0.2) is 0 Å². The zero-order valence-corrected chi connectivity index (χ0v) is 12.6. The van der Waals surface area contributed by atoms with Crippen molar-refractivity contribution in [1.82, 2.24) is 0 Å². The molecule has 2 aromatic carbocycles. The average molecular weight is 388 g/mol. The molecule has 0 aliphatic heterocycles. The number of hydrogen-bond acceptors (Lipinski definition) is 0. The molecule has 0 amide bonds. The van der Waals surface area contributed by atoms with Crippen molar-refractivity contribution in [2.45, 2.75) is 6.42 Å². The van der Waals surface area contributed by atoms with Crippen molar-refractivity contribution in [3.8, 4) is 0 Å². The van der Waals surface area contributed by atoms with Crippen molar-refractivity contribution in [1.29, 1.82) is 0 Å².